The van der Waals surface area contributed by atoms with Gasteiger partial charge in [0.1, 0.15) is 5.69 Å². The van der Waals surface area contributed by atoms with Gasteiger partial charge in [-0.25, -0.2) is 9.97 Å². The monoisotopic (exact) mass is 348 g/mol. The first-order valence-corrected chi connectivity index (χ1v) is 8.67. The number of amides is 1. The molecule has 0 radical (unpaired) electrons. The highest BCUT2D eigenvalue weighted by Crippen LogP contribution is 2.30. The number of nitrogens with zero attached hydrogens (tertiary/aromatic N) is 6. The molecule has 0 saturated heterocycles. The molecule has 4 rings (SSSR count). The summed E-state index contributed by atoms with van der Waals surface area (Å²) >= 11 is 0. The molecule has 0 N–H and O–H groups in total. The second-order valence-corrected chi connectivity index (χ2v) is 6.55. The number of carbonyl (C=O) groups is 1. The summed E-state index contributed by atoms with van der Waals surface area (Å²) in [5.41, 5.74) is 4.67. The van der Waals surface area contributed by atoms with E-state index in [2.05, 4.69) is 20.3 Å². The molecule has 7 nitrogen and oxygen atoms in total. The molecule has 1 unspecified atom stereocenters. The van der Waals surface area contributed by atoms with Gasteiger partial charge in [-0.15, -0.1) is 5.10 Å². The topological polar surface area (TPSA) is 76.8 Å². The van der Waals surface area contributed by atoms with Crippen LogP contribution in [0.1, 0.15) is 45.8 Å². The molecule has 0 aliphatic carbocycles. The molecule has 132 valence electrons. The minimum absolute atomic E-state index is 0.0369. The fraction of sp³-hybridized carbons (Fsp3) is 0.316. The number of carbonyl (C=O) groups excluding carboxylic acids is 1. The Kier molecular flexibility index (Phi) is 3.99. The van der Waals surface area contributed by atoms with Crippen LogP contribution in [0, 0.1) is 13.8 Å². The Morgan fingerprint density at radius 3 is 2.69 bits per heavy atom. The number of benzene rings is 1. The average Bonchev–Trinajstić information content (AvgIpc) is 3.09. The zero-order valence-electron chi connectivity index (χ0n) is 15.0. The number of aromatic nitrogens is 5. The predicted octanol–water partition coefficient (Wildman–Crippen LogP) is 2.43. The van der Waals surface area contributed by atoms with Gasteiger partial charge in [-0.3, -0.25) is 4.79 Å². The van der Waals surface area contributed by atoms with E-state index in [1.165, 1.54) is 0 Å². The third kappa shape index (κ3) is 2.56. The third-order valence-corrected chi connectivity index (χ3v) is 5.08. The minimum Gasteiger partial charge on any atom is -0.330 e. The maximum atomic E-state index is 13.1. The SMILES string of the molecule is Cc1cccc(C(=O)N2CCc3c(nnn3-c3ncccn3)C2C)c1C. The van der Waals surface area contributed by atoms with Crippen LogP contribution in [0.3, 0.4) is 0 Å². The van der Waals surface area contributed by atoms with Gasteiger partial charge in [-0.1, -0.05) is 17.3 Å². The van der Waals surface area contributed by atoms with Gasteiger partial charge in [-0.05, 0) is 44.0 Å². The molecule has 1 aliphatic rings. The standard InChI is InChI=1S/C19H20N6O/c1-12-6-4-7-15(13(12)2)18(26)24-11-8-16-17(14(24)3)22-23-25(16)19-20-9-5-10-21-19/h4-7,9-10,14H,8,11H2,1-3H3. The van der Waals surface area contributed by atoms with Crippen molar-refractivity contribution in [3.63, 3.8) is 0 Å². The van der Waals surface area contributed by atoms with Crippen molar-refractivity contribution < 1.29 is 4.79 Å². The molecular weight excluding hydrogens is 328 g/mol. The number of rotatable bonds is 2. The molecule has 3 heterocycles. The normalized spacial score (nSPS) is 16.4. The van der Waals surface area contributed by atoms with Crippen molar-refractivity contribution in [2.24, 2.45) is 0 Å². The summed E-state index contributed by atoms with van der Waals surface area (Å²) in [5, 5.41) is 8.54. The lowest BCUT2D eigenvalue weighted by Crippen LogP contribution is -2.39. The summed E-state index contributed by atoms with van der Waals surface area (Å²) in [6.07, 6.45) is 4.03. The van der Waals surface area contributed by atoms with Crippen molar-refractivity contribution in [1.29, 1.82) is 0 Å². The van der Waals surface area contributed by atoms with Crippen molar-refractivity contribution in [2.45, 2.75) is 33.2 Å². The third-order valence-electron chi connectivity index (χ3n) is 5.08. The Morgan fingerprint density at radius 1 is 1.15 bits per heavy atom. The zero-order valence-corrected chi connectivity index (χ0v) is 15.0. The summed E-state index contributed by atoms with van der Waals surface area (Å²) in [6, 6.07) is 7.46. The maximum Gasteiger partial charge on any atom is 0.254 e. The molecule has 0 fully saturated rings. The molecule has 1 aliphatic heterocycles. The zero-order chi connectivity index (χ0) is 18.3. The number of fused-ring (bicyclic) bond motifs is 1. The predicted molar refractivity (Wildman–Crippen MR) is 96.0 cm³/mol. The highest BCUT2D eigenvalue weighted by molar-refractivity contribution is 5.96. The van der Waals surface area contributed by atoms with E-state index >= 15 is 0 Å². The number of hydrogen-bond acceptors (Lipinski definition) is 5. The van der Waals surface area contributed by atoms with Crippen molar-refractivity contribution in [2.75, 3.05) is 6.54 Å². The van der Waals surface area contributed by atoms with Crippen LogP contribution in [0.4, 0.5) is 0 Å². The number of hydrogen-bond donors (Lipinski definition) is 0. The minimum atomic E-state index is -0.149. The Morgan fingerprint density at radius 2 is 1.92 bits per heavy atom. The van der Waals surface area contributed by atoms with Crippen molar-refractivity contribution >= 4 is 5.91 Å². The molecule has 7 heteroatoms. The van der Waals surface area contributed by atoms with Crippen molar-refractivity contribution in [3.05, 3.63) is 64.7 Å². The largest absolute Gasteiger partial charge is 0.330 e. The quantitative estimate of drug-likeness (QED) is 0.711. The molecule has 0 bridgehead atoms. The van der Waals surface area contributed by atoms with Crippen LogP contribution in [0.5, 0.6) is 0 Å². The van der Waals surface area contributed by atoms with Gasteiger partial charge in [0.15, 0.2) is 0 Å². The van der Waals surface area contributed by atoms with E-state index in [1.807, 2.05) is 43.9 Å². The first-order valence-electron chi connectivity index (χ1n) is 8.67. The van der Waals surface area contributed by atoms with Crippen LogP contribution < -0.4 is 0 Å². The molecule has 0 spiro atoms. The lowest BCUT2D eigenvalue weighted by atomic mass is 9.99. The molecule has 1 aromatic carbocycles. The van der Waals surface area contributed by atoms with E-state index in [-0.39, 0.29) is 11.9 Å². The second-order valence-electron chi connectivity index (χ2n) is 6.55. The molecule has 0 saturated carbocycles. The van der Waals surface area contributed by atoms with Crippen LogP contribution in [-0.4, -0.2) is 42.3 Å². The van der Waals surface area contributed by atoms with Crippen LogP contribution in [0.15, 0.2) is 36.7 Å². The van der Waals surface area contributed by atoms with E-state index in [4.69, 9.17) is 0 Å². The molecule has 26 heavy (non-hydrogen) atoms. The summed E-state index contributed by atoms with van der Waals surface area (Å²) < 4.78 is 1.67. The molecular formula is C19H20N6O. The van der Waals surface area contributed by atoms with Gasteiger partial charge in [0.2, 0.25) is 0 Å². The van der Waals surface area contributed by atoms with Crippen LogP contribution in [0.25, 0.3) is 5.95 Å². The van der Waals surface area contributed by atoms with E-state index in [0.717, 1.165) is 28.1 Å². The lowest BCUT2D eigenvalue weighted by molar-refractivity contribution is 0.0671. The van der Waals surface area contributed by atoms with Gasteiger partial charge in [-0.2, -0.15) is 4.68 Å². The second kappa shape index (κ2) is 6.33. The molecule has 2 aromatic heterocycles. The first kappa shape index (κ1) is 16.4. The highest BCUT2D eigenvalue weighted by Gasteiger charge is 2.33. The van der Waals surface area contributed by atoms with Crippen molar-refractivity contribution in [1.82, 2.24) is 29.9 Å². The van der Waals surface area contributed by atoms with E-state index < -0.39 is 0 Å². The highest BCUT2D eigenvalue weighted by atomic mass is 16.2. The number of aryl methyl sites for hydroxylation is 1. The maximum absolute atomic E-state index is 13.1. The van der Waals surface area contributed by atoms with Crippen LogP contribution in [0.2, 0.25) is 0 Å². The van der Waals surface area contributed by atoms with E-state index in [1.54, 1.807) is 23.1 Å². The summed E-state index contributed by atoms with van der Waals surface area (Å²) in [5.74, 6) is 0.539. The molecule has 3 aromatic rings. The van der Waals surface area contributed by atoms with Gasteiger partial charge < -0.3 is 4.90 Å². The van der Waals surface area contributed by atoms with Gasteiger partial charge >= 0.3 is 0 Å². The van der Waals surface area contributed by atoms with Crippen LogP contribution >= 0.6 is 0 Å². The van der Waals surface area contributed by atoms with Gasteiger partial charge in [0, 0.05) is 30.9 Å². The Balaban J connectivity index is 1.67. The fourth-order valence-corrected chi connectivity index (χ4v) is 3.42. The van der Waals surface area contributed by atoms with E-state index in [0.29, 0.717) is 18.9 Å². The summed E-state index contributed by atoms with van der Waals surface area (Å²) in [4.78, 5) is 23.5. The molecule has 1 amide bonds. The lowest BCUT2D eigenvalue weighted by Gasteiger charge is -2.33. The summed E-state index contributed by atoms with van der Waals surface area (Å²) in [7, 11) is 0. The molecule has 1 atom stereocenters. The van der Waals surface area contributed by atoms with Gasteiger partial charge in [0.05, 0.1) is 11.7 Å². The average molecular weight is 348 g/mol. The summed E-state index contributed by atoms with van der Waals surface area (Å²) in [6.45, 7) is 6.62. The van der Waals surface area contributed by atoms with Gasteiger partial charge in [0.25, 0.3) is 11.9 Å². The van der Waals surface area contributed by atoms with Crippen molar-refractivity contribution in [3.8, 4) is 5.95 Å². The Hall–Kier alpha value is -3.09. The van der Waals surface area contributed by atoms with E-state index in [9.17, 15) is 4.79 Å². The Labute approximate surface area is 151 Å². The fourth-order valence-electron chi connectivity index (χ4n) is 3.42. The Bertz CT molecular complexity index is 965. The first-order chi connectivity index (χ1) is 12.6. The van der Waals surface area contributed by atoms with Crippen LogP contribution in [-0.2, 0) is 6.42 Å². The smallest absolute Gasteiger partial charge is 0.254 e.